The molecular formula is C21H26N2O5. The molecule has 7 nitrogen and oxygen atoms in total. The monoisotopic (exact) mass is 386 g/mol. The van der Waals surface area contributed by atoms with Crippen LogP contribution in [0, 0.1) is 0 Å². The lowest BCUT2D eigenvalue weighted by Crippen LogP contribution is -2.32. The Morgan fingerprint density at radius 3 is 2.36 bits per heavy atom. The van der Waals surface area contributed by atoms with E-state index in [1.54, 1.807) is 42.3 Å². The van der Waals surface area contributed by atoms with Crippen molar-refractivity contribution in [2.45, 2.75) is 20.3 Å². The van der Waals surface area contributed by atoms with Gasteiger partial charge in [0.05, 0.1) is 26.5 Å². The second-order valence-electron chi connectivity index (χ2n) is 5.94. The molecule has 0 aliphatic rings. The summed E-state index contributed by atoms with van der Waals surface area (Å²) in [7, 11) is 3.08. The van der Waals surface area contributed by atoms with E-state index in [1.807, 2.05) is 19.1 Å². The van der Waals surface area contributed by atoms with E-state index in [1.165, 1.54) is 14.0 Å². The van der Waals surface area contributed by atoms with E-state index in [-0.39, 0.29) is 24.8 Å². The van der Waals surface area contributed by atoms with Crippen molar-refractivity contribution in [2.75, 3.05) is 37.6 Å². The van der Waals surface area contributed by atoms with Gasteiger partial charge in [0.2, 0.25) is 11.8 Å². The molecule has 0 atom stereocenters. The normalized spacial score (nSPS) is 10.1. The third kappa shape index (κ3) is 5.39. The van der Waals surface area contributed by atoms with Crippen molar-refractivity contribution in [1.29, 1.82) is 0 Å². The lowest BCUT2D eigenvalue weighted by Gasteiger charge is -2.23. The van der Waals surface area contributed by atoms with E-state index in [0.717, 1.165) is 0 Å². The Bertz CT molecular complexity index is 822. The Labute approximate surface area is 165 Å². The molecule has 0 aromatic heterocycles. The van der Waals surface area contributed by atoms with Crippen LogP contribution in [0.1, 0.15) is 20.3 Å². The molecule has 0 fully saturated rings. The second-order valence-corrected chi connectivity index (χ2v) is 5.94. The van der Waals surface area contributed by atoms with Gasteiger partial charge in [-0.1, -0.05) is 12.1 Å². The highest BCUT2D eigenvalue weighted by Gasteiger charge is 2.17. The number of ether oxygens (including phenoxy) is 3. The lowest BCUT2D eigenvalue weighted by molar-refractivity contribution is -0.117. The zero-order valence-electron chi connectivity index (χ0n) is 16.7. The molecule has 1 N–H and O–H groups in total. The molecule has 2 amide bonds. The first-order valence-corrected chi connectivity index (χ1v) is 9.02. The smallest absolute Gasteiger partial charge is 0.226 e. The Balaban J connectivity index is 2.06. The number of amides is 2. The van der Waals surface area contributed by atoms with Crippen LogP contribution in [0.2, 0.25) is 0 Å². The highest BCUT2D eigenvalue weighted by molar-refractivity contribution is 5.95. The summed E-state index contributed by atoms with van der Waals surface area (Å²) in [4.78, 5) is 26.1. The minimum Gasteiger partial charge on any atom is -0.493 e. The van der Waals surface area contributed by atoms with Crippen LogP contribution in [0.5, 0.6) is 17.2 Å². The van der Waals surface area contributed by atoms with E-state index >= 15 is 0 Å². The first-order valence-electron chi connectivity index (χ1n) is 9.02. The first kappa shape index (κ1) is 21.1. The van der Waals surface area contributed by atoms with Gasteiger partial charge in [-0.3, -0.25) is 9.59 Å². The number of hydrogen-bond donors (Lipinski definition) is 1. The average molecular weight is 386 g/mol. The van der Waals surface area contributed by atoms with Gasteiger partial charge >= 0.3 is 0 Å². The van der Waals surface area contributed by atoms with Crippen molar-refractivity contribution in [3.8, 4) is 17.2 Å². The first-order chi connectivity index (χ1) is 13.5. The molecule has 0 unspecified atom stereocenters. The molecule has 0 saturated heterocycles. The number of methoxy groups -OCH3 is 2. The van der Waals surface area contributed by atoms with Crippen LogP contribution in [0.15, 0.2) is 42.5 Å². The maximum Gasteiger partial charge on any atom is 0.226 e. The fraction of sp³-hybridized carbons (Fsp3) is 0.333. The number of nitrogens with one attached hydrogen (secondary N) is 1. The van der Waals surface area contributed by atoms with Crippen LogP contribution in [0.4, 0.5) is 11.4 Å². The topological polar surface area (TPSA) is 77.1 Å². The summed E-state index contributed by atoms with van der Waals surface area (Å²) < 4.78 is 16.0. The summed E-state index contributed by atoms with van der Waals surface area (Å²) in [5.74, 6) is 1.34. The molecule has 0 spiro atoms. The number of carbonyl (C=O) groups is 2. The van der Waals surface area contributed by atoms with Crippen LogP contribution < -0.4 is 24.4 Å². The fourth-order valence-electron chi connectivity index (χ4n) is 2.76. The number of anilines is 2. The number of benzene rings is 2. The second kappa shape index (κ2) is 10.2. The van der Waals surface area contributed by atoms with Crippen LogP contribution in [-0.4, -0.2) is 39.2 Å². The standard InChI is InChI=1S/C21H26N2O5/c1-5-28-18-9-7-6-8-17(18)23(15(2)24)13-12-21(25)22-16-10-11-19(26-3)20(14-16)27-4/h6-11,14H,5,12-13H2,1-4H3,(H,22,25). The summed E-state index contributed by atoms with van der Waals surface area (Å²) >= 11 is 0. The summed E-state index contributed by atoms with van der Waals surface area (Å²) in [6.45, 7) is 4.07. The molecule has 2 aromatic rings. The van der Waals surface area contributed by atoms with E-state index in [0.29, 0.717) is 35.2 Å². The highest BCUT2D eigenvalue weighted by Crippen LogP contribution is 2.30. The van der Waals surface area contributed by atoms with Gasteiger partial charge < -0.3 is 24.4 Å². The zero-order chi connectivity index (χ0) is 20.5. The third-order valence-corrected chi connectivity index (χ3v) is 4.07. The molecule has 0 bridgehead atoms. The van der Waals surface area contributed by atoms with Crippen molar-refractivity contribution in [3.63, 3.8) is 0 Å². The van der Waals surface area contributed by atoms with E-state index < -0.39 is 0 Å². The number of nitrogens with zero attached hydrogens (tertiary/aromatic N) is 1. The summed E-state index contributed by atoms with van der Waals surface area (Å²) in [6.07, 6.45) is 0.133. The van der Waals surface area contributed by atoms with Crippen molar-refractivity contribution in [3.05, 3.63) is 42.5 Å². The molecule has 0 aliphatic carbocycles. The summed E-state index contributed by atoms with van der Waals surface area (Å²) in [6, 6.07) is 12.4. The summed E-state index contributed by atoms with van der Waals surface area (Å²) in [5.41, 5.74) is 1.24. The summed E-state index contributed by atoms with van der Waals surface area (Å²) in [5, 5.41) is 2.81. The van der Waals surface area contributed by atoms with Gasteiger partial charge in [-0.2, -0.15) is 0 Å². The van der Waals surface area contributed by atoms with Gasteiger partial charge in [-0.05, 0) is 31.2 Å². The van der Waals surface area contributed by atoms with Gasteiger partial charge in [0, 0.05) is 31.6 Å². The molecule has 28 heavy (non-hydrogen) atoms. The van der Waals surface area contributed by atoms with E-state index in [4.69, 9.17) is 14.2 Å². The van der Waals surface area contributed by atoms with Gasteiger partial charge in [0.15, 0.2) is 11.5 Å². The Morgan fingerprint density at radius 1 is 1.00 bits per heavy atom. The van der Waals surface area contributed by atoms with Gasteiger partial charge in [0.1, 0.15) is 5.75 Å². The number of para-hydroxylation sites is 2. The average Bonchev–Trinajstić information content (AvgIpc) is 2.69. The molecule has 0 radical (unpaired) electrons. The van der Waals surface area contributed by atoms with Gasteiger partial charge in [-0.15, -0.1) is 0 Å². The van der Waals surface area contributed by atoms with Crippen LogP contribution in [-0.2, 0) is 9.59 Å². The molecule has 150 valence electrons. The van der Waals surface area contributed by atoms with Crippen LogP contribution in [0.25, 0.3) is 0 Å². The highest BCUT2D eigenvalue weighted by atomic mass is 16.5. The maximum absolute atomic E-state index is 12.4. The van der Waals surface area contributed by atoms with Crippen molar-refractivity contribution < 1.29 is 23.8 Å². The lowest BCUT2D eigenvalue weighted by atomic mass is 10.2. The maximum atomic E-state index is 12.4. The Hall–Kier alpha value is -3.22. The predicted molar refractivity (Wildman–Crippen MR) is 108 cm³/mol. The Kier molecular flexibility index (Phi) is 7.68. The minimum absolute atomic E-state index is 0.133. The molecular weight excluding hydrogens is 360 g/mol. The molecule has 7 heteroatoms. The van der Waals surface area contributed by atoms with Crippen LogP contribution >= 0.6 is 0 Å². The number of rotatable bonds is 9. The molecule has 2 rings (SSSR count). The SMILES string of the molecule is CCOc1ccccc1N(CCC(=O)Nc1ccc(OC)c(OC)c1)C(C)=O. The van der Waals surface area contributed by atoms with Crippen molar-refractivity contribution in [1.82, 2.24) is 0 Å². The van der Waals surface area contributed by atoms with Gasteiger partial charge in [-0.25, -0.2) is 0 Å². The van der Waals surface area contributed by atoms with E-state index in [9.17, 15) is 9.59 Å². The quantitative estimate of drug-likeness (QED) is 0.714. The predicted octanol–water partition coefficient (Wildman–Crippen LogP) is 3.48. The number of carbonyl (C=O) groups excluding carboxylic acids is 2. The van der Waals surface area contributed by atoms with Crippen molar-refractivity contribution >= 4 is 23.2 Å². The fourth-order valence-corrected chi connectivity index (χ4v) is 2.76. The molecule has 0 heterocycles. The number of hydrogen-bond acceptors (Lipinski definition) is 5. The molecule has 2 aromatic carbocycles. The van der Waals surface area contributed by atoms with Crippen molar-refractivity contribution in [2.24, 2.45) is 0 Å². The Morgan fingerprint density at radius 2 is 1.71 bits per heavy atom. The minimum atomic E-state index is -0.215. The van der Waals surface area contributed by atoms with E-state index in [2.05, 4.69) is 5.32 Å². The molecule has 0 saturated carbocycles. The largest absolute Gasteiger partial charge is 0.493 e. The zero-order valence-corrected chi connectivity index (χ0v) is 16.7. The van der Waals surface area contributed by atoms with Gasteiger partial charge in [0.25, 0.3) is 0 Å². The third-order valence-electron chi connectivity index (χ3n) is 4.07. The molecule has 0 aliphatic heterocycles. The van der Waals surface area contributed by atoms with Crippen LogP contribution in [0.3, 0.4) is 0 Å².